The first kappa shape index (κ1) is 14.6. The Morgan fingerprint density at radius 1 is 1.05 bits per heavy atom. The van der Waals surface area contributed by atoms with Crippen LogP contribution in [0.2, 0.25) is 0 Å². The Labute approximate surface area is 132 Å². The summed E-state index contributed by atoms with van der Waals surface area (Å²) in [6.07, 6.45) is 4.52. The minimum Gasteiger partial charge on any atom is -0.390 e. The van der Waals surface area contributed by atoms with E-state index in [-0.39, 0.29) is 6.29 Å². The maximum Gasteiger partial charge on any atom is 0.160 e. The molecule has 3 fully saturated rings. The quantitative estimate of drug-likeness (QED) is 0.927. The van der Waals surface area contributed by atoms with Gasteiger partial charge in [0.1, 0.15) is 0 Å². The fraction of sp³-hybridized carbons (Fsp3) is 0.667. The van der Waals surface area contributed by atoms with Crippen molar-refractivity contribution >= 4 is 0 Å². The second-order valence-corrected chi connectivity index (χ2v) is 7.05. The number of piperidine rings is 1. The van der Waals surface area contributed by atoms with Crippen molar-refractivity contribution in [2.45, 2.75) is 62.6 Å². The first-order chi connectivity index (χ1) is 10.7. The summed E-state index contributed by atoms with van der Waals surface area (Å²) in [6, 6.07) is 11.6. The summed E-state index contributed by atoms with van der Waals surface area (Å²) in [7, 11) is 0. The van der Waals surface area contributed by atoms with E-state index in [2.05, 4.69) is 35.2 Å². The average Bonchev–Trinajstić information content (AvgIpc) is 3.08. The Bertz CT molecular complexity index is 486. The maximum atomic E-state index is 11.0. The molecule has 0 aliphatic carbocycles. The van der Waals surface area contributed by atoms with Crippen LogP contribution in [-0.4, -0.2) is 47.2 Å². The Kier molecular flexibility index (Phi) is 3.95. The second kappa shape index (κ2) is 5.93. The van der Waals surface area contributed by atoms with Crippen LogP contribution in [0, 0.1) is 0 Å². The van der Waals surface area contributed by atoms with E-state index in [1.807, 2.05) is 0 Å². The normalized spacial score (nSPS) is 36.0. The van der Waals surface area contributed by atoms with Gasteiger partial charge in [-0.1, -0.05) is 30.3 Å². The van der Waals surface area contributed by atoms with E-state index in [0.29, 0.717) is 31.7 Å². The maximum absolute atomic E-state index is 11.0. The number of hydrogen-bond donors (Lipinski definition) is 1. The second-order valence-electron chi connectivity index (χ2n) is 7.05. The molecule has 0 radical (unpaired) electrons. The van der Waals surface area contributed by atoms with Crippen molar-refractivity contribution in [3.05, 3.63) is 35.9 Å². The molecule has 120 valence electrons. The van der Waals surface area contributed by atoms with Gasteiger partial charge in [0.05, 0.1) is 18.8 Å². The summed E-state index contributed by atoms with van der Waals surface area (Å²) < 4.78 is 11.1. The summed E-state index contributed by atoms with van der Waals surface area (Å²) >= 11 is 0. The summed E-state index contributed by atoms with van der Waals surface area (Å²) in [5, 5.41) is 11.0. The van der Waals surface area contributed by atoms with Gasteiger partial charge in [0, 0.05) is 25.0 Å². The molecule has 2 unspecified atom stereocenters. The topological polar surface area (TPSA) is 41.9 Å². The number of hydrogen-bond acceptors (Lipinski definition) is 4. The lowest BCUT2D eigenvalue weighted by atomic mass is 9.83. The minimum atomic E-state index is -0.617. The van der Waals surface area contributed by atoms with Crippen molar-refractivity contribution in [1.29, 1.82) is 0 Å². The Morgan fingerprint density at radius 3 is 2.32 bits per heavy atom. The molecule has 0 amide bonds. The van der Waals surface area contributed by atoms with Gasteiger partial charge < -0.3 is 14.6 Å². The lowest BCUT2D eigenvalue weighted by Gasteiger charge is -2.44. The van der Waals surface area contributed by atoms with E-state index < -0.39 is 5.60 Å². The lowest BCUT2D eigenvalue weighted by Crippen LogP contribution is -2.51. The minimum absolute atomic E-state index is 0.204. The van der Waals surface area contributed by atoms with Crippen molar-refractivity contribution in [3.63, 3.8) is 0 Å². The fourth-order valence-corrected chi connectivity index (χ4v) is 4.47. The van der Waals surface area contributed by atoms with Crippen LogP contribution in [0.15, 0.2) is 30.3 Å². The molecule has 4 rings (SSSR count). The molecule has 3 aliphatic rings. The predicted molar refractivity (Wildman–Crippen MR) is 83.3 cm³/mol. The molecule has 1 aromatic rings. The molecule has 2 bridgehead atoms. The standard InChI is InChI=1S/C18H25NO3/c20-18(12-17-21-8-9-22-17)10-15-6-7-16(11-18)19(15)13-14-4-2-1-3-5-14/h1-5,15-17,20H,6-13H2. The van der Waals surface area contributed by atoms with Crippen molar-refractivity contribution in [1.82, 2.24) is 4.90 Å². The van der Waals surface area contributed by atoms with Crippen LogP contribution < -0.4 is 0 Å². The van der Waals surface area contributed by atoms with Crippen LogP contribution in [0.25, 0.3) is 0 Å². The first-order valence-corrected chi connectivity index (χ1v) is 8.47. The number of ether oxygens (including phenoxy) is 2. The van der Waals surface area contributed by atoms with Gasteiger partial charge in [-0.25, -0.2) is 0 Å². The number of benzene rings is 1. The highest BCUT2D eigenvalue weighted by Gasteiger charge is 2.48. The van der Waals surface area contributed by atoms with E-state index in [4.69, 9.17) is 9.47 Å². The van der Waals surface area contributed by atoms with Crippen LogP contribution in [0.4, 0.5) is 0 Å². The van der Waals surface area contributed by atoms with Crippen LogP contribution in [0.1, 0.15) is 37.7 Å². The van der Waals surface area contributed by atoms with Gasteiger partial charge in [-0.2, -0.15) is 0 Å². The average molecular weight is 303 g/mol. The van der Waals surface area contributed by atoms with Crippen LogP contribution in [0.5, 0.6) is 0 Å². The largest absolute Gasteiger partial charge is 0.390 e. The molecule has 0 aromatic heterocycles. The molecular weight excluding hydrogens is 278 g/mol. The third kappa shape index (κ3) is 2.93. The highest BCUT2D eigenvalue weighted by molar-refractivity contribution is 5.16. The summed E-state index contributed by atoms with van der Waals surface area (Å²) in [5.41, 5.74) is 0.751. The van der Waals surface area contributed by atoms with Crippen molar-refractivity contribution in [2.75, 3.05) is 13.2 Å². The number of rotatable bonds is 4. The van der Waals surface area contributed by atoms with Crippen LogP contribution in [0.3, 0.4) is 0 Å². The highest BCUT2D eigenvalue weighted by atomic mass is 16.7. The van der Waals surface area contributed by atoms with E-state index in [1.54, 1.807) is 0 Å². The zero-order valence-corrected chi connectivity index (χ0v) is 13.0. The van der Waals surface area contributed by atoms with Crippen molar-refractivity contribution < 1.29 is 14.6 Å². The van der Waals surface area contributed by atoms with Gasteiger partial charge in [0.15, 0.2) is 6.29 Å². The van der Waals surface area contributed by atoms with E-state index in [1.165, 1.54) is 18.4 Å². The fourth-order valence-electron chi connectivity index (χ4n) is 4.47. The third-order valence-corrected chi connectivity index (χ3v) is 5.45. The molecule has 4 heteroatoms. The highest BCUT2D eigenvalue weighted by Crippen LogP contribution is 2.43. The molecule has 4 nitrogen and oxygen atoms in total. The molecule has 2 atom stereocenters. The van der Waals surface area contributed by atoms with Crippen molar-refractivity contribution in [3.8, 4) is 0 Å². The van der Waals surface area contributed by atoms with Crippen LogP contribution >= 0.6 is 0 Å². The molecule has 3 aliphatic heterocycles. The molecule has 1 N–H and O–H groups in total. The Balaban J connectivity index is 1.42. The van der Waals surface area contributed by atoms with Gasteiger partial charge in [0.25, 0.3) is 0 Å². The first-order valence-electron chi connectivity index (χ1n) is 8.47. The molecule has 3 heterocycles. The molecule has 1 aromatic carbocycles. The summed E-state index contributed by atoms with van der Waals surface area (Å²) in [5.74, 6) is 0. The van der Waals surface area contributed by atoms with Gasteiger partial charge >= 0.3 is 0 Å². The monoisotopic (exact) mass is 303 g/mol. The molecular formula is C18H25NO3. The Morgan fingerprint density at radius 2 is 1.68 bits per heavy atom. The molecule has 0 saturated carbocycles. The molecule has 0 spiro atoms. The number of aliphatic hydroxyl groups is 1. The summed E-state index contributed by atoms with van der Waals surface area (Å²) in [4.78, 5) is 2.60. The molecule has 22 heavy (non-hydrogen) atoms. The smallest absolute Gasteiger partial charge is 0.160 e. The SMILES string of the molecule is OC1(CC2OCCO2)CC2CCC(C1)N2Cc1ccccc1. The van der Waals surface area contributed by atoms with Gasteiger partial charge in [-0.15, -0.1) is 0 Å². The summed E-state index contributed by atoms with van der Waals surface area (Å²) in [6.45, 7) is 2.32. The van der Waals surface area contributed by atoms with Gasteiger partial charge in [-0.3, -0.25) is 4.90 Å². The number of fused-ring (bicyclic) bond motifs is 2. The molecule has 3 saturated heterocycles. The van der Waals surface area contributed by atoms with E-state index in [9.17, 15) is 5.11 Å². The Hall–Kier alpha value is -0.940. The lowest BCUT2D eigenvalue weighted by molar-refractivity contribution is -0.130. The van der Waals surface area contributed by atoms with Gasteiger partial charge in [0.2, 0.25) is 0 Å². The van der Waals surface area contributed by atoms with Gasteiger partial charge in [-0.05, 0) is 31.2 Å². The third-order valence-electron chi connectivity index (χ3n) is 5.45. The van der Waals surface area contributed by atoms with Crippen LogP contribution in [-0.2, 0) is 16.0 Å². The zero-order chi connectivity index (χ0) is 15.0. The number of nitrogens with zero attached hydrogens (tertiary/aromatic N) is 1. The van der Waals surface area contributed by atoms with Crippen molar-refractivity contribution in [2.24, 2.45) is 0 Å². The predicted octanol–water partition coefficient (Wildman–Crippen LogP) is 2.31. The zero-order valence-electron chi connectivity index (χ0n) is 13.0. The van der Waals surface area contributed by atoms with E-state index in [0.717, 1.165) is 19.4 Å². The van der Waals surface area contributed by atoms with E-state index >= 15 is 0 Å².